The third-order valence-corrected chi connectivity index (χ3v) is 5.90. The lowest BCUT2D eigenvalue weighted by atomic mass is 10.1. The lowest BCUT2D eigenvalue weighted by molar-refractivity contribution is 0.188. The summed E-state index contributed by atoms with van der Waals surface area (Å²) in [5.74, 6) is 0. The highest BCUT2D eigenvalue weighted by molar-refractivity contribution is 7.89. The summed E-state index contributed by atoms with van der Waals surface area (Å²) in [5, 5.41) is 0. The molecule has 0 saturated carbocycles. The van der Waals surface area contributed by atoms with Crippen molar-refractivity contribution in [1.29, 1.82) is 0 Å². The van der Waals surface area contributed by atoms with Crippen molar-refractivity contribution in [2.75, 3.05) is 38.5 Å². The summed E-state index contributed by atoms with van der Waals surface area (Å²) in [6.07, 6.45) is 1.91. The number of rotatable bonds is 5. The van der Waals surface area contributed by atoms with Crippen molar-refractivity contribution in [2.45, 2.75) is 31.6 Å². The highest BCUT2D eigenvalue weighted by Crippen LogP contribution is 2.22. The monoisotopic (exact) mass is 311 g/mol. The molecular formula is C15H25N3O2S. The number of nitrogens with two attached hydrogens (primary N) is 1. The SMILES string of the molecule is CCCN1CCN(S(=O)(=O)c2ccc(CC)c(N)c2)CC1. The molecule has 0 bridgehead atoms. The fourth-order valence-electron chi connectivity index (χ4n) is 2.71. The molecule has 0 unspecified atom stereocenters. The maximum atomic E-state index is 12.7. The molecule has 1 saturated heterocycles. The van der Waals surface area contributed by atoms with Gasteiger partial charge in [-0.3, -0.25) is 0 Å². The normalized spacial score (nSPS) is 18.0. The molecule has 0 radical (unpaired) electrons. The lowest BCUT2D eigenvalue weighted by Crippen LogP contribution is -2.48. The number of anilines is 1. The molecule has 5 nitrogen and oxygen atoms in total. The zero-order valence-electron chi connectivity index (χ0n) is 12.9. The van der Waals surface area contributed by atoms with Crippen LogP contribution >= 0.6 is 0 Å². The van der Waals surface area contributed by atoms with E-state index >= 15 is 0 Å². The van der Waals surface area contributed by atoms with Crippen LogP contribution in [-0.2, 0) is 16.4 Å². The predicted molar refractivity (Wildman–Crippen MR) is 85.7 cm³/mol. The van der Waals surface area contributed by atoms with Crippen LogP contribution in [0, 0.1) is 0 Å². The van der Waals surface area contributed by atoms with E-state index in [9.17, 15) is 8.42 Å². The van der Waals surface area contributed by atoms with Gasteiger partial charge in [-0.1, -0.05) is 19.9 Å². The maximum Gasteiger partial charge on any atom is 0.243 e. The number of sulfonamides is 1. The predicted octanol–water partition coefficient (Wildman–Crippen LogP) is 1.55. The first-order chi connectivity index (χ1) is 9.98. The van der Waals surface area contributed by atoms with Gasteiger partial charge < -0.3 is 10.6 Å². The molecule has 21 heavy (non-hydrogen) atoms. The summed E-state index contributed by atoms with van der Waals surface area (Å²) in [5.41, 5.74) is 7.47. The largest absolute Gasteiger partial charge is 0.398 e. The van der Waals surface area contributed by atoms with Gasteiger partial charge in [-0.25, -0.2) is 8.42 Å². The Balaban J connectivity index is 2.14. The van der Waals surface area contributed by atoms with Gasteiger partial charge in [0, 0.05) is 31.9 Å². The zero-order valence-corrected chi connectivity index (χ0v) is 13.7. The van der Waals surface area contributed by atoms with Crippen LogP contribution in [0.1, 0.15) is 25.8 Å². The minimum absolute atomic E-state index is 0.307. The standard InChI is InChI=1S/C15H25N3O2S/c1-3-7-17-8-10-18(11-9-17)21(19,20)14-6-5-13(4-2)15(16)12-14/h5-6,12H,3-4,7-11,16H2,1-2H3. The number of piperazine rings is 1. The molecule has 118 valence electrons. The summed E-state index contributed by atoms with van der Waals surface area (Å²) < 4.78 is 26.9. The number of nitrogen functional groups attached to an aromatic ring is 1. The Kier molecular flexibility index (Phi) is 5.24. The topological polar surface area (TPSA) is 66.6 Å². The van der Waals surface area contributed by atoms with E-state index in [0.717, 1.165) is 38.0 Å². The minimum Gasteiger partial charge on any atom is -0.398 e. The number of hydrogen-bond acceptors (Lipinski definition) is 4. The fourth-order valence-corrected chi connectivity index (χ4v) is 4.17. The van der Waals surface area contributed by atoms with E-state index in [1.807, 2.05) is 13.0 Å². The van der Waals surface area contributed by atoms with Crippen LogP contribution in [0.25, 0.3) is 0 Å². The van der Waals surface area contributed by atoms with Crippen molar-refractivity contribution in [3.8, 4) is 0 Å². The summed E-state index contributed by atoms with van der Waals surface area (Å²) in [6.45, 7) is 7.89. The molecule has 2 rings (SSSR count). The molecular weight excluding hydrogens is 286 g/mol. The lowest BCUT2D eigenvalue weighted by Gasteiger charge is -2.33. The van der Waals surface area contributed by atoms with Gasteiger partial charge in [0.15, 0.2) is 0 Å². The molecule has 1 aromatic rings. The number of nitrogens with zero attached hydrogens (tertiary/aromatic N) is 2. The number of aryl methyl sites for hydroxylation is 1. The Hall–Kier alpha value is -1.11. The first-order valence-corrected chi connectivity index (χ1v) is 9.04. The van der Waals surface area contributed by atoms with Crippen LogP contribution in [0.4, 0.5) is 5.69 Å². The van der Waals surface area contributed by atoms with Gasteiger partial charge in [-0.05, 0) is 37.1 Å². The first kappa shape index (κ1) is 16.3. The summed E-state index contributed by atoms with van der Waals surface area (Å²) in [4.78, 5) is 2.61. The van der Waals surface area contributed by atoms with E-state index in [4.69, 9.17) is 5.73 Å². The third kappa shape index (κ3) is 3.56. The van der Waals surface area contributed by atoms with E-state index in [-0.39, 0.29) is 0 Å². The molecule has 1 aromatic carbocycles. The second-order valence-electron chi connectivity index (χ2n) is 5.46. The van der Waals surface area contributed by atoms with Crippen LogP contribution < -0.4 is 5.73 Å². The van der Waals surface area contributed by atoms with Crippen molar-refractivity contribution in [2.24, 2.45) is 0 Å². The Labute approximate surface area is 127 Å². The average Bonchev–Trinajstić information content (AvgIpc) is 2.48. The Morgan fingerprint density at radius 3 is 2.33 bits per heavy atom. The average molecular weight is 311 g/mol. The molecule has 1 heterocycles. The van der Waals surface area contributed by atoms with Gasteiger partial charge in [0.1, 0.15) is 0 Å². The molecule has 2 N–H and O–H groups in total. The van der Waals surface area contributed by atoms with Crippen LogP contribution in [0.15, 0.2) is 23.1 Å². The van der Waals surface area contributed by atoms with E-state index in [1.165, 1.54) is 0 Å². The maximum absolute atomic E-state index is 12.7. The smallest absolute Gasteiger partial charge is 0.243 e. The molecule has 0 spiro atoms. The molecule has 0 aliphatic carbocycles. The number of hydrogen-bond donors (Lipinski definition) is 1. The molecule has 0 aromatic heterocycles. The van der Waals surface area contributed by atoms with Crippen LogP contribution in [0.5, 0.6) is 0 Å². The van der Waals surface area contributed by atoms with Gasteiger partial charge in [-0.15, -0.1) is 0 Å². The minimum atomic E-state index is -3.42. The summed E-state index contributed by atoms with van der Waals surface area (Å²) in [6, 6.07) is 5.07. The Bertz CT molecular complexity index is 579. The van der Waals surface area contributed by atoms with Gasteiger partial charge >= 0.3 is 0 Å². The van der Waals surface area contributed by atoms with E-state index in [0.29, 0.717) is 23.7 Å². The van der Waals surface area contributed by atoms with Crippen molar-refractivity contribution in [3.05, 3.63) is 23.8 Å². The molecule has 0 amide bonds. The van der Waals surface area contributed by atoms with Crippen LogP contribution in [0.2, 0.25) is 0 Å². The zero-order chi connectivity index (χ0) is 15.5. The quantitative estimate of drug-likeness (QED) is 0.838. The molecule has 1 aliphatic rings. The van der Waals surface area contributed by atoms with E-state index in [1.54, 1.807) is 16.4 Å². The van der Waals surface area contributed by atoms with Gasteiger partial charge in [0.2, 0.25) is 10.0 Å². The van der Waals surface area contributed by atoms with Crippen LogP contribution in [0.3, 0.4) is 0 Å². The third-order valence-electron chi connectivity index (χ3n) is 4.01. The highest BCUT2D eigenvalue weighted by Gasteiger charge is 2.28. The Morgan fingerprint density at radius 1 is 1.14 bits per heavy atom. The molecule has 1 fully saturated rings. The van der Waals surface area contributed by atoms with Crippen molar-refractivity contribution in [3.63, 3.8) is 0 Å². The second kappa shape index (κ2) is 6.77. The second-order valence-corrected chi connectivity index (χ2v) is 7.40. The van der Waals surface area contributed by atoms with Gasteiger partial charge in [0.05, 0.1) is 4.90 Å². The van der Waals surface area contributed by atoms with E-state index < -0.39 is 10.0 Å². The molecule has 0 atom stereocenters. The van der Waals surface area contributed by atoms with Gasteiger partial charge in [-0.2, -0.15) is 4.31 Å². The fraction of sp³-hybridized carbons (Fsp3) is 0.600. The van der Waals surface area contributed by atoms with Crippen LogP contribution in [-0.4, -0.2) is 50.3 Å². The molecule has 1 aliphatic heterocycles. The van der Waals surface area contributed by atoms with Crippen molar-refractivity contribution < 1.29 is 8.42 Å². The van der Waals surface area contributed by atoms with E-state index in [2.05, 4.69) is 11.8 Å². The summed E-state index contributed by atoms with van der Waals surface area (Å²) >= 11 is 0. The summed E-state index contributed by atoms with van der Waals surface area (Å²) in [7, 11) is -3.42. The number of benzene rings is 1. The van der Waals surface area contributed by atoms with Crippen molar-refractivity contribution in [1.82, 2.24) is 9.21 Å². The van der Waals surface area contributed by atoms with Crippen molar-refractivity contribution >= 4 is 15.7 Å². The Morgan fingerprint density at radius 2 is 1.81 bits per heavy atom. The highest BCUT2D eigenvalue weighted by atomic mass is 32.2. The molecule has 6 heteroatoms. The first-order valence-electron chi connectivity index (χ1n) is 7.60. The van der Waals surface area contributed by atoms with Gasteiger partial charge in [0.25, 0.3) is 0 Å².